The van der Waals surface area contributed by atoms with Crippen molar-refractivity contribution >= 4 is 17.2 Å². The summed E-state index contributed by atoms with van der Waals surface area (Å²) in [7, 11) is 0. The van der Waals surface area contributed by atoms with E-state index in [-0.39, 0.29) is 11.9 Å². The lowest BCUT2D eigenvalue weighted by Crippen LogP contribution is -2.26. The SMILES string of the molecule is Cc1csc(C(C)NC(=O)c2ccco2)n1. The summed E-state index contributed by atoms with van der Waals surface area (Å²) in [5.74, 6) is 0.102. The fraction of sp³-hybridized carbons (Fsp3) is 0.273. The van der Waals surface area contributed by atoms with E-state index in [1.807, 2.05) is 19.2 Å². The van der Waals surface area contributed by atoms with E-state index in [1.165, 1.54) is 6.26 Å². The van der Waals surface area contributed by atoms with Crippen molar-refractivity contribution in [1.29, 1.82) is 0 Å². The van der Waals surface area contributed by atoms with E-state index in [9.17, 15) is 4.79 Å². The van der Waals surface area contributed by atoms with Gasteiger partial charge in [-0.05, 0) is 26.0 Å². The molecule has 0 aromatic carbocycles. The van der Waals surface area contributed by atoms with Gasteiger partial charge in [0, 0.05) is 11.1 Å². The maximum Gasteiger partial charge on any atom is 0.287 e. The topological polar surface area (TPSA) is 55.1 Å². The Balaban J connectivity index is 2.03. The minimum Gasteiger partial charge on any atom is -0.459 e. The maximum atomic E-state index is 11.7. The number of aromatic nitrogens is 1. The van der Waals surface area contributed by atoms with Gasteiger partial charge in [0.15, 0.2) is 5.76 Å². The van der Waals surface area contributed by atoms with Gasteiger partial charge in [-0.1, -0.05) is 0 Å². The molecule has 2 aromatic heterocycles. The number of carbonyl (C=O) groups is 1. The van der Waals surface area contributed by atoms with Crippen LogP contribution in [-0.2, 0) is 0 Å². The molecule has 0 radical (unpaired) electrons. The molecule has 4 nitrogen and oxygen atoms in total. The van der Waals surface area contributed by atoms with Gasteiger partial charge >= 0.3 is 0 Å². The second-order valence-corrected chi connectivity index (χ2v) is 4.39. The second kappa shape index (κ2) is 4.49. The van der Waals surface area contributed by atoms with Gasteiger partial charge in [-0.3, -0.25) is 4.79 Å². The lowest BCUT2D eigenvalue weighted by atomic mass is 10.3. The van der Waals surface area contributed by atoms with Crippen molar-refractivity contribution in [2.45, 2.75) is 19.9 Å². The molecule has 5 heteroatoms. The van der Waals surface area contributed by atoms with Crippen LogP contribution < -0.4 is 5.32 Å². The lowest BCUT2D eigenvalue weighted by Gasteiger charge is -2.09. The van der Waals surface area contributed by atoms with Gasteiger partial charge in [0.05, 0.1) is 12.3 Å². The molecule has 16 heavy (non-hydrogen) atoms. The zero-order valence-electron chi connectivity index (χ0n) is 9.06. The lowest BCUT2D eigenvalue weighted by molar-refractivity contribution is 0.0912. The smallest absolute Gasteiger partial charge is 0.287 e. The largest absolute Gasteiger partial charge is 0.459 e. The minimum atomic E-state index is -0.217. The monoisotopic (exact) mass is 236 g/mol. The molecule has 2 heterocycles. The van der Waals surface area contributed by atoms with Crippen molar-refractivity contribution in [3.63, 3.8) is 0 Å². The van der Waals surface area contributed by atoms with Crippen molar-refractivity contribution in [1.82, 2.24) is 10.3 Å². The number of furan rings is 1. The van der Waals surface area contributed by atoms with E-state index < -0.39 is 0 Å². The van der Waals surface area contributed by atoms with Crippen LogP contribution in [0.5, 0.6) is 0 Å². The first-order valence-electron chi connectivity index (χ1n) is 4.93. The third-order valence-electron chi connectivity index (χ3n) is 2.10. The molecule has 0 saturated heterocycles. The number of hydrogen-bond acceptors (Lipinski definition) is 4. The number of nitrogens with one attached hydrogen (secondary N) is 1. The quantitative estimate of drug-likeness (QED) is 0.891. The summed E-state index contributed by atoms with van der Waals surface area (Å²) in [5, 5.41) is 5.69. The Morgan fingerprint density at radius 3 is 3.00 bits per heavy atom. The maximum absolute atomic E-state index is 11.7. The van der Waals surface area contributed by atoms with Crippen molar-refractivity contribution in [2.24, 2.45) is 0 Å². The first kappa shape index (κ1) is 10.9. The summed E-state index contributed by atoms with van der Waals surface area (Å²) < 4.78 is 5.01. The van der Waals surface area contributed by atoms with E-state index >= 15 is 0 Å². The zero-order chi connectivity index (χ0) is 11.5. The fourth-order valence-corrected chi connectivity index (χ4v) is 2.11. The van der Waals surface area contributed by atoms with Crippen molar-refractivity contribution < 1.29 is 9.21 Å². The van der Waals surface area contributed by atoms with Crippen LogP contribution in [0.3, 0.4) is 0 Å². The van der Waals surface area contributed by atoms with Crippen molar-refractivity contribution in [3.8, 4) is 0 Å². The number of rotatable bonds is 3. The standard InChI is InChI=1S/C11H12N2O2S/c1-7-6-16-11(12-7)8(2)13-10(14)9-4-3-5-15-9/h3-6,8H,1-2H3,(H,13,14). The Kier molecular flexibility index (Phi) is 3.05. The van der Waals surface area contributed by atoms with Crippen LogP contribution in [0.25, 0.3) is 0 Å². The van der Waals surface area contributed by atoms with Gasteiger partial charge in [-0.2, -0.15) is 0 Å². The summed E-state index contributed by atoms with van der Waals surface area (Å²) >= 11 is 1.54. The van der Waals surface area contributed by atoms with Crippen LogP contribution >= 0.6 is 11.3 Å². The molecule has 0 aliphatic carbocycles. The Morgan fingerprint density at radius 1 is 1.62 bits per heavy atom. The predicted octanol–water partition coefficient (Wildman–Crippen LogP) is 2.54. The second-order valence-electron chi connectivity index (χ2n) is 3.50. The van der Waals surface area contributed by atoms with Crippen LogP contribution in [0.15, 0.2) is 28.2 Å². The highest BCUT2D eigenvalue weighted by Gasteiger charge is 2.15. The molecule has 0 saturated carbocycles. The Morgan fingerprint density at radius 2 is 2.44 bits per heavy atom. The molecule has 0 aliphatic heterocycles. The van der Waals surface area contributed by atoms with Gasteiger partial charge < -0.3 is 9.73 Å². The van der Waals surface area contributed by atoms with Crippen molar-refractivity contribution in [2.75, 3.05) is 0 Å². The predicted molar refractivity (Wildman–Crippen MR) is 61.4 cm³/mol. The summed E-state index contributed by atoms with van der Waals surface area (Å²) in [6, 6.07) is 3.22. The summed E-state index contributed by atoms with van der Waals surface area (Å²) in [6.45, 7) is 3.83. The molecule has 2 rings (SSSR count). The summed E-state index contributed by atoms with van der Waals surface area (Å²) in [4.78, 5) is 16.0. The molecule has 84 valence electrons. The Bertz CT molecular complexity index is 476. The van der Waals surface area contributed by atoms with Crippen LogP contribution in [0, 0.1) is 6.92 Å². The number of nitrogens with zero attached hydrogens (tertiary/aromatic N) is 1. The molecule has 0 aliphatic rings. The average molecular weight is 236 g/mol. The molecular weight excluding hydrogens is 224 g/mol. The molecule has 0 fully saturated rings. The molecule has 1 N–H and O–H groups in total. The van der Waals surface area contributed by atoms with Crippen LogP contribution in [0.4, 0.5) is 0 Å². The van der Waals surface area contributed by atoms with Gasteiger partial charge in [-0.25, -0.2) is 4.98 Å². The molecule has 0 spiro atoms. The van der Waals surface area contributed by atoms with E-state index in [1.54, 1.807) is 23.5 Å². The van der Waals surface area contributed by atoms with Gasteiger partial charge in [0.1, 0.15) is 5.01 Å². The Labute approximate surface area is 97.3 Å². The number of amides is 1. The highest BCUT2D eigenvalue weighted by atomic mass is 32.1. The van der Waals surface area contributed by atoms with Gasteiger partial charge in [0.2, 0.25) is 0 Å². The number of thiazole rings is 1. The molecule has 1 unspecified atom stereocenters. The first-order chi connectivity index (χ1) is 7.66. The van der Waals surface area contributed by atoms with Gasteiger partial charge in [0.25, 0.3) is 5.91 Å². The molecular formula is C11H12N2O2S. The molecule has 1 atom stereocenters. The van der Waals surface area contributed by atoms with E-state index in [0.717, 1.165) is 10.7 Å². The highest BCUT2D eigenvalue weighted by Crippen LogP contribution is 2.17. The number of hydrogen-bond donors (Lipinski definition) is 1. The van der Waals surface area contributed by atoms with Crippen LogP contribution in [0.2, 0.25) is 0 Å². The molecule has 1 amide bonds. The fourth-order valence-electron chi connectivity index (χ4n) is 1.31. The third-order valence-corrected chi connectivity index (χ3v) is 3.25. The molecule has 2 aromatic rings. The highest BCUT2D eigenvalue weighted by molar-refractivity contribution is 7.09. The van der Waals surface area contributed by atoms with E-state index in [4.69, 9.17) is 4.42 Å². The number of carbonyl (C=O) groups excluding carboxylic acids is 1. The molecule has 0 bridgehead atoms. The van der Waals surface area contributed by atoms with E-state index in [2.05, 4.69) is 10.3 Å². The van der Waals surface area contributed by atoms with Crippen molar-refractivity contribution in [3.05, 3.63) is 40.2 Å². The van der Waals surface area contributed by atoms with Crippen LogP contribution in [-0.4, -0.2) is 10.9 Å². The first-order valence-corrected chi connectivity index (χ1v) is 5.81. The van der Waals surface area contributed by atoms with Gasteiger partial charge in [-0.15, -0.1) is 11.3 Å². The average Bonchev–Trinajstić information content (AvgIpc) is 2.87. The zero-order valence-corrected chi connectivity index (χ0v) is 9.88. The van der Waals surface area contributed by atoms with Crippen LogP contribution in [0.1, 0.15) is 34.2 Å². The Hall–Kier alpha value is -1.62. The summed E-state index contributed by atoms with van der Waals surface area (Å²) in [6.07, 6.45) is 1.48. The summed E-state index contributed by atoms with van der Waals surface area (Å²) in [5.41, 5.74) is 0.971. The normalized spacial score (nSPS) is 12.4. The van der Waals surface area contributed by atoms with E-state index in [0.29, 0.717) is 5.76 Å². The minimum absolute atomic E-state index is 0.101. The third kappa shape index (κ3) is 2.30. The number of aryl methyl sites for hydroxylation is 1.